The third kappa shape index (κ3) is 5.38. The van der Waals surface area contributed by atoms with Crippen molar-refractivity contribution in [2.75, 3.05) is 31.2 Å². The number of anilines is 1. The van der Waals surface area contributed by atoms with Gasteiger partial charge in [-0.1, -0.05) is 5.16 Å². The summed E-state index contributed by atoms with van der Waals surface area (Å²) in [7, 11) is 0. The van der Waals surface area contributed by atoms with Crippen molar-refractivity contribution in [1.29, 1.82) is 0 Å². The van der Waals surface area contributed by atoms with Gasteiger partial charge in [-0.3, -0.25) is 4.79 Å². The lowest BCUT2D eigenvalue weighted by molar-refractivity contribution is -0.274. The van der Waals surface area contributed by atoms with E-state index in [1.165, 1.54) is 16.7 Å². The van der Waals surface area contributed by atoms with E-state index in [0.717, 1.165) is 36.6 Å². The molecule has 0 radical (unpaired) electrons. The highest BCUT2D eigenvalue weighted by Gasteiger charge is 2.31. The Morgan fingerprint density at radius 2 is 1.83 bits per heavy atom. The van der Waals surface area contributed by atoms with Crippen LogP contribution in [-0.4, -0.2) is 52.4 Å². The molecule has 3 aromatic heterocycles. The van der Waals surface area contributed by atoms with E-state index in [-0.39, 0.29) is 28.6 Å². The lowest BCUT2D eigenvalue weighted by Crippen LogP contribution is -2.36. The van der Waals surface area contributed by atoms with Crippen LogP contribution in [0.5, 0.6) is 5.75 Å². The van der Waals surface area contributed by atoms with Gasteiger partial charge < -0.3 is 23.5 Å². The van der Waals surface area contributed by atoms with Crippen molar-refractivity contribution in [3.05, 3.63) is 76.8 Å². The lowest BCUT2D eigenvalue weighted by Gasteiger charge is -2.28. The normalized spacial score (nSPS) is 14.1. The minimum atomic E-state index is -4.78. The smallest absolute Gasteiger partial charge is 0.406 e. The number of rotatable bonds is 6. The maximum absolute atomic E-state index is 13.2. The topological polar surface area (TPSA) is 95.5 Å². The van der Waals surface area contributed by atoms with E-state index in [4.69, 9.17) is 9.26 Å². The van der Waals surface area contributed by atoms with E-state index in [2.05, 4.69) is 24.8 Å². The standard InChI is InChI=1S/C24H20F3N5O4/c25-24(26,27)35-18-5-3-17(4-6-18)21-29-22(36-30-21)19-2-1-9-32(23(19)33)15-16-7-8-28-20(14-16)31-10-12-34-13-11-31/h1-9,14H,10-13,15H2. The van der Waals surface area contributed by atoms with Crippen molar-refractivity contribution in [3.63, 3.8) is 0 Å². The number of morpholine rings is 1. The first-order chi connectivity index (χ1) is 17.4. The van der Waals surface area contributed by atoms with Gasteiger partial charge in [0.25, 0.3) is 11.4 Å². The van der Waals surface area contributed by atoms with E-state index < -0.39 is 6.36 Å². The molecule has 186 valence electrons. The molecule has 36 heavy (non-hydrogen) atoms. The molecular weight excluding hydrogens is 479 g/mol. The summed E-state index contributed by atoms with van der Waals surface area (Å²) in [5.74, 6) is 0.591. The van der Waals surface area contributed by atoms with Crippen LogP contribution in [0.15, 0.2) is 70.2 Å². The van der Waals surface area contributed by atoms with Crippen molar-refractivity contribution >= 4 is 5.82 Å². The second-order valence-electron chi connectivity index (χ2n) is 7.97. The largest absolute Gasteiger partial charge is 0.573 e. The molecule has 9 nitrogen and oxygen atoms in total. The van der Waals surface area contributed by atoms with Crippen LogP contribution in [-0.2, 0) is 11.3 Å². The van der Waals surface area contributed by atoms with Gasteiger partial charge in [0.05, 0.1) is 19.8 Å². The first-order valence-electron chi connectivity index (χ1n) is 11.0. The number of hydrogen-bond acceptors (Lipinski definition) is 8. The first-order valence-corrected chi connectivity index (χ1v) is 11.0. The van der Waals surface area contributed by atoms with Crippen LogP contribution in [0.25, 0.3) is 22.8 Å². The molecule has 0 aliphatic carbocycles. The van der Waals surface area contributed by atoms with E-state index in [0.29, 0.717) is 25.3 Å². The van der Waals surface area contributed by atoms with Crippen LogP contribution in [0.1, 0.15) is 5.56 Å². The molecular formula is C24H20F3N5O4. The zero-order valence-corrected chi connectivity index (χ0v) is 18.8. The Kier molecular flexibility index (Phi) is 6.42. The predicted molar refractivity (Wildman–Crippen MR) is 122 cm³/mol. The summed E-state index contributed by atoms with van der Waals surface area (Å²) in [6, 6.07) is 12.1. The zero-order valence-electron chi connectivity index (χ0n) is 18.8. The number of alkyl halides is 3. The summed E-state index contributed by atoms with van der Waals surface area (Å²) in [4.78, 5) is 24.0. The molecule has 0 amide bonds. The Morgan fingerprint density at radius 1 is 1.06 bits per heavy atom. The fraction of sp³-hybridized carbons (Fsp3) is 0.250. The molecule has 0 spiro atoms. The van der Waals surface area contributed by atoms with E-state index in [9.17, 15) is 18.0 Å². The summed E-state index contributed by atoms with van der Waals surface area (Å²) < 4.78 is 53.2. The Bertz CT molecular complexity index is 1400. The van der Waals surface area contributed by atoms with Crippen LogP contribution in [0.4, 0.5) is 19.0 Å². The van der Waals surface area contributed by atoms with Gasteiger partial charge in [0.2, 0.25) is 5.82 Å². The highest BCUT2D eigenvalue weighted by molar-refractivity contribution is 5.60. The molecule has 1 fully saturated rings. The molecule has 5 rings (SSSR count). The number of pyridine rings is 2. The SMILES string of the molecule is O=c1c(-c2nc(-c3ccc(OC(F)(F)F)cc3)no2)cccn1Cc1ccnc(N2CCOCC2)c1. The number of ether oxygens (including phenoxy) is 2. The van der Waals surface area contributed by atoms with Gasteiger partial charge >= 0.3 is 6.36 Å². The number of benzene rings is 1. The third-order valence-corrected chi connectivity index (χ3v) is 5.52. The first kappa shape index (κ1) is 23.5. The van der Waals surface area contributed by atoms with Crippen LogP contribution in [0, 0.1) is 0 Å². The summed E-state index contributed by atoms with van der Waals surface area (Å²) in [6.45, 7) is 3.11. The van der Waals surface area contributed by atoms with Gasteiger partial charge in [-0.2, -0.15) is 4.98 Å². The number of aromatic nitrogens is 4. The molecule has 1 aliphatic rings. The van der Waals surface area contributed by atoms with Gasteiger partial charge in [0, 0.05) is 31.0 Å². The third-order valence-electron chi connectivity index (χ3n) is 5.52. The lowest BCUT2D eigenvalue weighted by atomic mass is 10.2. The van der Waals surface area contributed by atoms with Gasteiger partial charge in [-0.15, -0.1) is 13.2 Å². The van der Waals surface area contributed by atoms with Crippen molar-refractivity contribution in [1.82, 2.24) is 19.7 Å². The number of halogens is 3. The minimum absolute atomic E-state index is 0.00343. The van der Waals surface area contributed by atoms with Crippen molar-refractivity contribution in [2.45, 2.75) is 12.9 Å². The average molecular weight is 499 g/mol. The highest BCUT2D eigenvalue weighted by atomic mass is 19.4. The number of nitrogens with zero attached hydrogens (tertiary/aromatic N) is 5. The molecule has 4 heterocycles. The Hall–Kier alpha value is -4.19. The van der Waals surface area contributed by atoms with E-state index in [1.54, 1.807) is 24.5 Å². The van der Waals surface area contributed by atoms with Crippen molar-refractivity contribution < 1.29 is 27.2 Å². The summed E-state index contributed by atoms with van der Waals surface area (Å²) in [6.07, 6.45) is -1.41. The summed E-state index contributed by atoms with van der Waals surface area (Å²) in [5.41, 5.74) is 1.18. The molecule has 12 heteroatoms. The second-order valence-corrected chi connectivity index (χ2v) is 7.97. The van der Waals surface area contributed by atoms with Crippen LogP contribution >= 0.6 is 0 Å². The van der Waals surface area contributed by atoms with Crippen molar-refractivity contribution in [2.24, 2.45) is 0 Å². The predicted octanol–water partition coefficient (Wildman–Crippen LogP) is 3.74. The Balaban J connectivity index is 1.35. The molecule has 0 unspecified atom stereocenters. The maximum Gasteiger partial charge on any atom is 0.573 e. The Labute approximate surface area is 202 Å². The van der Waals surface area contributed by atoms with Crippen molar-refractivity contribution in [3.8, 4) is 28.6 Å². The van der Waals surface area contributed by atoms with E-state index >= 15 is 0 Å². The minimum Gasteiger partial charge on any atom is -0.406 e. The molecule has 1 aromatic carbocycles. The quantitative estimate of drug-likeness (QED) is 0.396. The van der Waals surface area contributed by atoms with Gasteiger partial charge in [0.1, 0.15) is 17.1 Å². The van der Waals surface area contributed by atoms with Crippen LogP contribution < -0.4 is 15.2 Å². The van der Waals surface area contributed by atoms with Gasteiger partial charge in [0.15, 0.2) is 0 Å². The average Bonchev–Trinajstić information content (AvgIpc) is 3.36. The maximum atomic E-state index is 13.2. The fourth-order valence-corrected chi connectivity index (χ4v) is 3.80. The molecule has 0 bridgehead atoms. The Morgan fingerprint density at radius 3 is 2.58 bits per heavy atom. The molecule has 0 N–H and O–H groups in total. The molecule has 0 saturated carbocycles. The second kappa shape index (κ2) is 9.82. The van der Waals surface area contributed by atoms with Crippen LogP contribution in [0.3, 0.4) is 0 Å². The van der Waals surface area contributed by atoms with Gasteiger partial charge in [-0.05, 0) is 54.1 Å². The summed E-state index contributed by atoms with van der Waals surface area (Å²) in [5, 5.41) is 3.86. The molecule has 1 aliphatic heterocycles. The molecule has 0 atom stereocenters. The molecule has 1 saturated heterocycles. The zero-order chi connectivity index (χ0) is 25.1. The highest BCUT2D eigenvalue weighted by Crippen LogP contribution is 2.26. The van der Waals surface area contributed by atoms with Gasteiger partial charge in [-0.25, -0.2) is 4.98 Å². The number of hydrogen-bond donors (Lipinski definition) is 0. The molecule has 4 aromatic rings. The van der Waals surface area contributed by atoms with Crippen LogP contribution in [0.2, 0.25) is 0 Å². The fourth-order valence-electron chi connectivity index (χ4n) is 3.80. The monoisotopic (exact) mass is 499 g/mol. The summed E-state index contributed by atoms with van der Waals surface area (Å²) >= 11 is 0. The van der Waals surface area contributed by atoms with E-state index in [1.807, 2.05) is 12.1 Å².